The third-order valence-corrected chi connectivity index (χ3v) is 3.52. The molecule has 0 aliphatic heterocycles. The van der Waals surface area contributed by atoms with E-state index in [2.05, 4.69) is 26.2 Å². The smallest absolute Gasteiger partial charge is 0.300 e. The molecule has 0 unspecified atom stereocenters. The van der Waals surface area contributed by atoms with Gasteiger partial charge in [0.15, 0.2) is 0 Å². The zero-order chi connectivity index (χ0) is 15.4. The van der Waals surface area contributed by atoms with Crippen molar-refractivity contribution in [2.24, 2.45) is 0 Å². The summed E-state index contributed by atoms with van der Waals surface area (Å²) in [5.74, 6) is -0.529. The van der Waals surface area contributed by atoms with E-state index in [4.69, 9.17) is 5.73 Å². The Kier molecular flexibility index (Phi) is 4.49. The molecule has 1 aromatic heterocycles. The quantitative estimate of drug-likeness (QED) is 0.648. The van der Waals surface area contributed by atoms with Crippen molar-refractivity contribution in [3.05, 3.63) is 62.2 Å². The maximum Gasteiger partial charge on any atom is 0.300 e. The summed E-state index contributed by atoms with van der Waals surface area (Å²) in [5, 5.41) is 13.5. The van der Waals surface area contributed by atoms with Crippen LogP contribution in [-0.2, 0) is 6.54 Å². The molecule has 0 saturated carbocycles. The minimum Gasteiger partial charge on any atom is -0.384 e. The summed E-state index contributed by atoms with van der Waals surface area (Å²) >= 11 is 3.36. The second kappa shape index (κ2) is 6.31. The molecule has 0 atom stereocenters. The van der Waals surface area contributed by atoms with Gasteiger partial charge in [-0.2, -0.15) is 0 Å². The van der Waals surface area contributed by atoms with Gasteiger partial charge < -0.3 is 11.1 Å². The Labute approximate surface area is 128 Å². The Balaban J connectivity index is 2.19. The van der Waals surface area contributed by atoms with Crippen LogP contribution in [0.4, 0.5) is 11.5 Å². The lowest BCUT2D eigenvalue weighted by molar-refractivity contribution is -0.385. The lowest BCUT2D eigenvalue weighted by Gasteiger charge is -2.07. The maximum absolute atomic E-state index is 12.1. The largest absolute Gasteiger partial charge is 0.384 e. The van der Waals surface area contributed by atoms with Crippen molar-refractivity contribution < 1.29 is 9.72 Å². The van der Waals surface area contributed by atoms with Crippen LogP contribution in [0.5, 0.6) is 0 Å². The molecule has 0 aliphatic carbocycles. The summed E-state index contributed by atoms with van der Waals surface area (Å²) < 4.78 is 0.842. The molecule has 1 heterocycles. The van der Waals surface area contributed by atoms with Gasteiger partial charge >= 0.3 is 0 Å². The first-order chi connectivity index (χ1) is 9.99. The van der Waals surface area contributed by atoms with Crippen molar-refractivity contribution in [3.63, 3.8) is 0 Å². The van der Waals surface area contributed by atoms with Crippen LogP contribution >= 0.6 is 15.9 Å². The highest BCUT2D eigenvalue weighted by Crippen LogP contribution is 2.20. The highest BCUT2D eigenvalue weighted by atomic mass is 79.9. The first-order valence-electron chi connectivity index (χ1n) is 5.90. The molecule has 1 amide bonds. The zero-order valence-electron chi connectivity index (χ0n) is 10.7. The fraction of sp³-hybridized carbons (Fsp3) is 0.0769. The Morgan fingerprint density at radius 1 is 1.43 bits per heavy atom. The summed E-state index contributed by atoms with van der Waals surface area (Å²) in [4.78, 5) is 26.0. The topological polar surface area (TPSA) is 111 Å². The Morgan fingerprint density at radius 2 is 2.14 bits per heavy atom. The average Bonchev–Trinajstić information content (AvgIpc) is 2.45. The van der Waals surface area contributed by atoms with Crippen molar-refractivity contribution in [2.45, 2.75) is 6.54 Å². The summed E-state index contributed by atoms with van der Waals surface area (Å²) in [6.07, 6.45) is 0.975. The van der Waals surface area contributed by atoms with Crippen molar-refractivity contribution in [2.75, 3.05) is 5.73 Å². The third kappa shape index (κ3) is 3.54. The zero-order valence-corrected chi connectivity index (χ0v) is 12.3. The fourth-order valence-electron chi connectivity index (χ4n) is 1.70. The fourth-order valence-corrected chi connectivity index (χ4v) is 2.13. The number of hydrogen-bond acceptors (Lipinski definition) is 5. The summed E-state index contributed by atoms with van der Waals surface area (Å²) in [6, 6.07) is 8.55. The number of carbonyl (C=O) groups excluding carboxylic acids is 1. The monoisotopic (exact) mass is 350 g/mol. The molecule has 2 rings (SSSR count). The van der Waals surface area contributed by atoms with Gasteiger partial charge in [-0.1, -0.05) is 34.1 Å². The van der Waals surface area contributed by atoms with Crippen LogP contribution in [0, 0.1) is 10.1 Å². The van der Waals surface area contributed by atoms with Gasteiger partial charge in [0.1, 0.15) is 17.6 Å². The van der Waals surface area contributed by atoms with Gasteiger partial charge in [-0.05, 0) is 17.7 Å². The van der Waals surface area contributed by atoms with Crippen LogP contribution in [0.3, 0.4) is 0 Å². The second-order valence-electron chi connectivity index (χ2n) is 4.16. The number of aromatic nitrogens is 1. The molecule has 7 nitrogen and oxygen atoms in total. The van der Waals surface area contributed by atoms with E-state index < -0.39 is 10.8 Å². The first-order valence-corrected chi connectivity index (χ1v) is 6.70. The van der Waals surface area contributed by atoms with E-state index in [9.17, 15) is 14.9 Å². The molecule has 21 heavy (non-hydrogen) atoms. The number of carbonyl (C=O) groups is 1. The van der Waals surface area contributed by atoms with Gasteiger partial charge in [-0.25, -0.2) is 4.98 Å². The molecule has 2 aromatic rings. The second-order valence-corrected chi connectivity index (χ2v) is 5.01. The molecule has 8 heteroatoms. The van der Waals surface area contributed by atoms with E-state index >= 15 is 0 Å². The average molecular weight is 351 g/mol. The van der Waals surface area contributed by atoms with E-state index in [0.717, 1.165) is 16.2 Å². The lowest BCUT2D eigenvalue weighted by atomic mass is 10.2. The number of amides is 1. The number of nitrogens with zero attached hydrogens (tertiary/aromatic N) is 2. The SMILES string of the molecule is Nc1cc(C(=O)NCc2ccccc2Br)c([N+](=O)[O-])cn1. The van der Waals surface area contributed by atoms with E-state index in [-0.39, 0.29) is 23.6 Å². The van der Waals surface area contributed by atoms with Crippen molar-refractivity contribution in [1.29, 1.82) is 0 Å². The summed E-state index contributed by atoms with van der Waals surface area (Å²) in [6.45, 7) is 0.236. The van der Waals surface area contributed by atoms with Crippen LogP contribution in [0.25, 0.3) is 0 Å². The number of benzene rings is 1. The molecule has 108 valence electrons. The molecule has 1 aromatic carbocycles. The van der Waals surface area contributed by atoms with Crippen molar-refractivity contribution >= 4 is 33.3 Å². The number of nitrogen functional groups attached to an aromatic ring is 1. The highest BCUT2D eigenvalue weighted by molar-refractivity contribution is 9.10. The maximum atomic E-state index is 12.1. The number of halogens is 1. The molecule has 0 fully saturated rings. The number of nitro groups is 1. The number of nitrogens with one attached hydrogen (secondary N) is 1. The number of rotatable bonds is 4. The van der Waals surface area contributed by atoms with Gasteiger partial charge in [-0.15, -0.1) is 0 Å². The van der Waals surface area contributed by atoms with E-state index in [1.165, 1.54) is 6.07 Å². The lowest BCUT2D eigenvalue weighted by Crippen LogP contribution is -2.24. The van der Waals surface area contributed by atoms with E-state index in [1.54, 1.807) is 0 Å². The molecule has 3 N–H and O–H groups in total. The summed E-state index contributed by atoms with van der Waals surface area (Å²) in [5.41, 5.74) is 5.84. The van der Waals surface area contributed by atoms with Gasteiger partial charge in [0.05, 0.1) is 4.92 Å². The Hall–Kier alpha value is -2.48. The van der Waals surface area contributed by atoms with Crippen LogP contribution in [0.2, 0.25) is 0 Å². The minimum absolute atomic E-state index is 0.0478. The molecular weight excluding hydrogens is 340 g/mol. The number of pyridine rings is 1. The Morgan fingerprint density at radius 3 is 2.81 bits per heavy atom. The number of hydrogen-bond donors (Lipinski definition) is 2. The third-order valence-electron chi connectivity index (χ3n) is 2.74. The van der Waals surface area contributed by atoms with Crippen LogP contribution < -0.4 is 11.1 Å². The highest BCUT2D eigenvalue weighted by Gasteiger charge is 2.21. The normalized spacial score (nSPS) is 10.1. The molecule has 0 bridgehead atoms. The molecular formula is C13H11BrN4O3. The standard InChI is InChI=1S/C13H11BrN4O3/c14-10-4-2-1-3-8(10)6-17-13(19)9-5-12(15)16-7-11(9)18(20)21/h1-5,7H,6H2,(H2,15,16)(H,17,19). The number of anilines is 1. The van der Waals surface area contributed by atoms with Crippen LogP contribution in [0.1, 0.15) is 15.9 Å². The molecule has 0 spiro atoms. The first kappa shape index (κ1) is 14.9. The van der Waals surface area contributed by atoms with Gasteiger partial charge in [0, 0.05) is 11.0 Å². The predicted octanol–water partition coefficient (Wildman–Crippen LogP) is 2.26. The summed E-state index contributed by atoms with van der Waals surface area (Å²) in [7, 11) is 0. The molecule has 0 saturated heterocycles. The van der Waals surface area contributed by atoms with Gasteiger partial charge in [0.25, 0.3) is 11.6 Å². The number of nitrogens with two attached hydrogens (primary N) is 1. The molecule has 0 radical (unpaired) electrons. The van der Waals surface area contributed by atoms with Gasteiger partial charge in [0.2, 0.25) is 0 Å². The predicted molar refractivity (Wildman–Crippen MR) is 80.6 cm³/mol. The van der Waals surface area contributed by atoms with Crippen LogP contribution in [-0.4, -0.2) is 15.8 Å². The van der Waals surface area contributed by atoms with E-state index in [0.29, 0.717) is 0 Å². The minimum atomic E-state index is -0.667. The Bertz CT molecular complexity index is 706. The van der Waals surface area contributed by atoms with Crippen LogP contribution in [0.15, 0.2) is 41.0 Å². The molecule has 0 aliphatic rings. The van der Waals surface area contributed by atoms with Crippen molar-refractivity contribution in [3.8, 4) is 0 Å². The van der Waals surface area contributed by atoms with Gasteiger partial charge in [-0.3, -0.25) is 14.9 Å². The van der Waals surface area contributed by atoms with E-state index in [1.807, 2.05) is 24.3 Å². The van der Waals surface area contributed by atoms with Crippen molar-refractivity contribution in [1.82, 2.24) is 10.3 Å².